The van der Waals surface area contributed by atoms with Gasteiger partial charge in [-0.1, -0.05) is 12.1 Å². The van der Waals surface area contributed by atoms with Gasteiger partial charge >= 0.3 is 0 Å². The lowest BCUT2D eigenvalue weighted by atomic mass is 10.1. The first-order chi connectivity index (χ1) is 4.74. The quantitative estimate of drug-likeness (QED) is 0.593. The minimum Gasteiger partial charge on any atom is -0.207 e. The van der Waals surface area contributed by atoms with Gasteiger partial charge in [0.1, 0.15) is 5.82 Å². The molecule has 0 atom stereocenters. The topological polar surface area (TPSA) is 0 Å². The number of hydrogen-bond donors (Lipinski definition) is 1. The van der Waals surface area contributed by atoms with E-state index in [0.717, 1.165) is 5.56 Å². The Kier molecular flexibility index (Phi) is 2.33. The van der Waals surface area contributed by atoms with Crippen LogP contribution in [0.1, 0.15) is 11.1 Å². The van der Waals surface area contributed by atoms with E-state index in [2.05, 4.69) is 12.6 Å². The van der Waals surface area contributed by atoms with Gasteiger partial charge in [-0.15, -0.1) is 0 Å². The van der Waals surface area contributed by atoms with Gasteiger partial charge in [-0.3, -0.25) is 0 Å². The molecule has 0 radical (unpaired) electrons. The van der Waals surface area contributed by atoms with Crippen LogP contribution < -0.4 is 0 Å². The summed E-state index contributed by atoms with van der Waals surface area (Å²) in [6.07, 6.45) is 0. The van der Waals surface area contributed by atoms with Crippen molar-refractivity contribution < 1.29 is 4.39 Å². The van der Waals surface area contributed by atoms with Gasteiger partial charge in [-0.05, 0) is 24.1 Å². The van der Waals surface area contributed by atoms with Gasteiger partial charge in [0.2, 0.25) is 0 Å². The first-order valence-corrected chi connectivity index (χ1v) is 3.73. The Morgan fingerprint density at radius 2 is 2.20 bits per heavy atom. The van der Waals surface area contributed by atoms with E-state index >= 15 is 0 Å². The van der Waals surface area contributed by atoms with Gasteiger partial charge in [0.25, 0.3) is 0 Å². The summed E-state index contributed by atoms with van der Waals surface area (Å²) in [6.45, 7) is 1.75. The lowest BCUT2D eigenvalue weighted by Gasteiger charge is -1.98. The molecule has 0 saturated heterocycles. The van der Waals surface area contributed by atoms with Crippen LogP contribution in [0.4, 0.5) is 4.39 Å². The molecule has 1 aromatic rings. The van der Waals surface area contributed by atoms with Crippen LogP contribution in [-0.4, -0.2) is 0 Å². The third kappa shape index (κ3) is 1.51. The molecule has 0 aliphatic rings. The standard InChI is InChI=1S/C8H9FS/c1-6-4-7(5-10)2-3-8(6)9/h2-4,10H,5H2,1H3. The molecule has 0 nitrogen and oxygen atoms in total. The van der Waals surface area contributed by atoms with Crippen molar-refractivity contribution in [1.29, 1.82) is 0 Å². The summed E-state index contributed by atoms with van der Waals surface area (Å²) in [7, 11) is 0. The molecule has 1 aromatic carbocycles. The van der Waals surface area contributed by atoms with Crippen LogP contribution >= 0.6 is 12.6 Å². The maximum absolute atomic E-state index is 12.6. The lowest BCUT2D eigenvalue weighted by Crippen LogP contribution is -1.84. The second kappa shape index (κ2) is 3.06. The second-order valence-electron chi connectivity index (χ2n) is 2.24. The van der Waals surface area contributed by atoms with Gasteiger partial charge < -0.3 is 0 Å². The summed E-state index contributed by atoms with van der Waals surface area (Å²) in [6, 6.07) is 5.03. The zero-order valence-electron chi connectivity index (χ0n) is 5.76. The normalized spacial score (nSPS) is 9.90. The van der Waals surface area contributed by atoms with Gasteiger partial charge in [0.05, 0.1) is 0 Å². The molecule has 0 aliphatic heterocycles. The summed E-state index contributed by atoms with van der Waals surface area (Å²) in [5, 5.41) is 0. The molecule has 1 rings (SSSR count). The van der Waals surface area contributed by atoms with Crippen LogP contribution in [0.5, 0.6) is 0 Å². The summed E-state index contributed by atoms with van der Waals surface area (Å²) < 4.78 is 12.6. The molecule has 0 unspecified atom stereocenters. The van der Waals surface area contributed by atoms with E-state index in [1.165, 1.54) is 6.07 Å². The summed E-state index contributed by atoms with van der Waals surface area (Å²) in [5.74, 6) is 0.520. The number of hydrogen-bond acceptors (Lipinski definition) is 1. The highest BCUT2D eigenvalue weighted by atomic mass is 32.1. The highest BCUT2D eigenvalue weighted by molar-refractivity contribution is 7.79. The highest BCUT2D eigenvalue weighted by Crippen LogP contribution is 2.10. The molecule has 0 fully saturated rings. The van der Waals surface area contributed by atoms with E-state index < -0.39 is 0 Å². The van der Waals surface area contributed by atoms with Crippen LogP contribution in [0.2, 0.25) is 0 Å². The molecular formula is C8H9FS. The largest absolute Gasteiger partial charge is 0.207 e. The number of halogens is 1. The molecule has 10 heavy (non-hydrogen) atoms. The monoisotopic (exact) mass is 156 g/mol. The van der Waals surface area contributed by atoms with Crippen LogP contribution in [0.15, 0.2) is 18.2 Å². The molecule has 0 amide bonds. The Bertz CT molecular complexity index is 233. The third-order valence-electron chi connectivity index (χ3n) is 1.40. The summed E-state index contributed by atoms with van der Waals surface area (Å²) >= 11 is 4.07. The first-order valence-electron chi connectivity index (χ1n) is 3.10. The minimum atomic E-state index is -0.148. The number of rotatable bonds is 1. The zero-order valence-corrected chi connectivity index (χ0v) is 6.66. The molecule has 0 saturated carbocycles. The molecule has 0 bridgehead atoms. The van der Waals surface area contributed by atoms with Crippen molar-refractivity contribution >= 4 is 12.6 Å². The highest BCUT2D eigenvalue weighted by Gasteiger charge is 1.95. The van der Waals surface area contributed by atoms with Crippen LogP contribution in [0.25, 0.3) is 0 Å². The van der Waals surface area contributed by atoms with Gasteiger partial charge in [0, 0.05) is 5.75 Å². The van der Waals surface area contributed by atoms with Gasteiger partial charge in [0.15, 0.2) is 0 Å². The second-order valence-corrected chi connectivity index (χ2v) is 2.56. The average molecular weight is 156 g/mol. The predicted molar refractivity (Wildman–Crippen MR) is 43.8 cm³/mol. The molecule has 54 valence electrons. The fourth-order valence-electron chi connectivity index (χ4n) is 0.805. The third-order valence-corrected chi connectivity index (χ3v) is 1.77. The van der Waals surface area contributed by atoms with E-state index in [0.29, 0.717) is 11.3 Å². The Morgan fingerprint density at radius 1 is 1.50 bits per heavy atom. The van der Waals surface area contributed by atoms with Crippen molar-refractivity contribution in [2.24, 2.45) is 0 Å². The van der Waals surface area contributed by atoms with Crippen LogP contribution in [0, 0.1) is 12.7 Å². The Balaban J connectivity index is 3.04. The molecule has 0 aliphatic carbocycles. The first kappa shape index (κ1) is 7.61. The van der Waals surface area contributed by atoms with Crippen molar-refractivity contribution in [3.63, 3.8) is 0 Å². The van der Waals surface area contributed by atoms with Crippen molar-refractivity contribution in [3.05, 3.63) is 35.1 Å². The molecule has 0 heterocycles. The van der Waals surface area contributed by atoms with Gasteiger partial charge in [-0.2, -0.15) is 12.6 Å². The maximum Gasteiger partial charge on any atom is 0.126 e. The Morgan fingerprint density at radius 3 is 2.70 bits per heavy atom. The van der Waals surface area contributed by atoms with E-state index in [9.17, 15) is 4.39 Å². The van der Waals surface area contributed by atoms with E-state index in [1.807, 2.05) is 6.07 Å². The number of aryl methyl sites for hydroxylation is 1. The summed E-state index contributed by atoms with van der Waals surface area (Å²) in [5.41, 5.74) is 1.74. The number of benzene rings is 1. The van der Waals surface area contributed by atoms with Crippen molar-refractivity contribution in [2.45, 2.75) is 12.7 Å². The van der Waals surface area contributed by atoms with E-state index in [-0.39, 0.29) is 5.82 Å². The van der Waals surface area contributed by atoms with E-state index in [4.69, 9.17) is 0 Å². The fraction of sp³-hybridized carbons (Fsp3) is 0.250. The lowest BCUT2D eigenvalue weighted by molar-refractivity contribution is 0.618. The predicted octanol–water partition coefficient (Wildman–Crippen LogP) is 2.56. The Hall–Kier alpha value is -0.500. The fourth-order valence-corrected chi connectivity index (χ4v) is 1.00. The number of thiol groups is 1. The molecule has 2 heteroatoms. The summed E-state index contributed by atoms with van der Waals surface area (Å²) in [4.78, 5) is 0. The maximum atomic E-state index is 12.6. The smallest absolute Gasteiger partial charge is 0.126 e. The van der Waals surface area contributed by atoms with Gasteiger partial charge in [-0.25, -0.2) is 4.39 Å². The average Bonchev–Trinajstić information content (AvgIpc) is 1.95. The Labute approximate surface area is 65.5 Å². The zero-order chi connectivity index (χ0) is 7.56. The SMILES string of the molecule is Cc1cc(CS)ccc1F. The van der Waals surface area contributed by atoms with Crippen molar-refractivity contribution in [3.8, 4) is 0 Å². The van der Waals surface area contributed by atoms with Crippen molar-refractivity contribution in [1.82, 2.24) is 0 Å². The van der Waals surface area contributed by atoms with Crippen LogP contribution in [-0.2, 0) is 5.75 Å². The molecule has 0 spiro atoms. The van der Waals surface area contributed by atoms with Crippen molar-refractivity contribution in [2.75, 3.05) is 0 Å². The van der Waals surface area contributed by atoms with E-state index in [1.54, 1.807) is 13.0 Å². The molecular weight excluding hydrogens is 147 g/mol. The minimum absolute atomic E-state index is 0.148. The molecule has 0 N–H and O–H groups in total. The molecule has 0 aromatic heterocycles. The van der Waals surface area contributed by atoms with Crippen LogP contribution in [0.3, 0.4) is 0 Å².